The van der Waals surface area contributed by atoms with Crippen LogP contribution in [0, 0.1) is 0 Å². The molecule has 1 saturated heterocycles. The summed E-state index contributed by atoms with van der Waals surface area (Å²) < 4.78 is 5.25. The molecule has 1 aliphatic rings. The van der Waals surface area contributed by atoms with Crippen molar-refractivity contribution in [2.45, 2.75) is 18.9 Å². The summed E-state index contributed by atoms with van der Waals surface area (Å²) in [5.41, 5.74) is 1.24. The molecule has 0 radical (unpaired) electrons. The first-order chi connectivity index (χ1) is 7.81. The van der Waals surface area contributed by atoms with E-state index in [2.05, 4.69) is 29.4 Å². The van der Waals surface area contributed by atoms with Gasteiger partial charge in [-0.25, -0.2) is 0 Å². The van der Waals surface area contributed by atoms with Crippen LogP contribution in [0.2, 0.25) is 0 Å². The third-order valence-electron chi connectivity index (χ3n) is 3.32. The van der Waals surface area contributed by atoms with Gasteiger partial charge in [0.05, 0.1) is 7.11 Å². The van der Waals surface area contributed by atoms with Crippen molar-refractivity contribution >= 4 is 5.69 Å². The van der Waals surface area contributed by atoms with Gasteiger partial charge in [-0.15, -0.1) is 0 Å². The Kier molecular flexibility index (Phi) is 3.67. The van der Waals surface area contributed by atoms with Crippen molar-refractivity contribution in [3.63, 3.8) is 0 Å². The van der Waals surface area contributed by atoms with Crippen LogP contribution >= 0.6 is 0 Å². The van der Waals surface area contributed by atoms with Crippen molar-refractivity contribution in [1.82, 2.24) is 5.32 Å². The van der Waals surface area contributed by atoms with Crippen molar-refractivity contribution in [3.05, 3.63) is 24.3 Å². The average Bonchev–Trinajstić information content (AvgIpc) is 2.39. The van der Waals surface area contributed by atoms with E-state index < -0.39 is 0 Å². The molecule has 2 rings (SSSR count). The normalized spacial score (nSPS) is 17.1. The van der Waals surface area contributed by atoms with Crippen LogP contribution in [0.25, 0.3) is 0 Å². The predicted octanol–water partition coefficient (Wildman–Crippen LogP) is 1.88. The molecule has 1 aliphatic heterocycles. The van der Waals surface area contributed by atoms with E-state index in [1.165, 1.54) is 18.5 Å². The SMILES string of the molecule is COc1cccc(N(C)C2CCNCC2)c1. The minimum atomic E-state index is 0.647. The molecule has 0 spiro atoms. The summed E-state index contributed by atoms with van der Waals surface area (Å²) in [6, 6.07) is 8.92. The number of anilines is 1. The Bertz CT molecular complexity index is 334. The van der Waals surface area contributed by atoms with E-state index in [-0.39, 0.29) is 0 Å². The lowest BCUT2D eigenvalue weighted by Crippen LogP contribution is -2.41. The number of hydrogen-bond acceptors (Lipinski definition) is 3. The summed E-state index contributed by atoms with van der Waals surface area (Å²) in [6.07, 6.45) is 2.43. The molecule has 1 aromatic rings. The molecule has 1 fully saturated rings. The second-order valence-corrected chi connectivity index (χ2v) is 4.29. The lowest BCUT2D eigenvalue weighted by Gasteiger charge is -2.33. The summed E-state index contributed by atoms with van der Waals surface area (Å²) in [6.45, 7) is 2.25. The topological polar surface area (TPSA) is 24.5 Å². The second kappa shape index (κ2) is 5.21. The highest BCUT2D eigenvalue weighted by Crippen LogP contribution is 2.23. The minimum Gasteiger partial charge on any atom is -0.497 e. The molecule has 16 heavy (non-hydrogen) atoms. The van der Waals surface area contributed by atoms with Gasteiger partial charge in [0, 0.05) is 24.8 Å². The van der Waals surface area contributed by atoms with Crippen LogP contribution < -0.4 is 15.0 Å². The van der Waals surface area contributed by atoms with Gasteiger partial charge in [-0.05, 0) is 38.1 Å². The Labute approximate surface area is 97.4 Å². The third-order valence-corrected chi connectivity index (χ3v) is 3.32. The molecule has 0 saturated carbocycles. The van der Waals surface area contributed by atoms with E-state index in [1.54, 1.807) is 7.11 Å². The molecule has 88 valence electrons. The highest BCUT2D eigenvalue weighted by atomic mass is 16.5. The van der Waals surface area contributed by atoms with Crippen LogP contribution in [-0.4, -0.2) is 33.3 Å². The molecule has 0 aromatic heterocycles. The number of methoxy groups -OCH3 is 1. The molecule has 0 aliphatic carbocycles. The molecule has 0 amide bonds. The second-order valence-electron chi connectivity index (χ2n) is 4.29. The first-order valence-corrected chi connectivity index (χ1v) is 5.89. The maximum Gasteiger partial charge on any atom is 0.120 e. The van der Waals surface area contributed by atoms with Gasteiger partial charge in [-0.3, -0.25) is 0 Å². The molecule has 3 nitrogen and oxygen atoms in total. The zero-order chi connectivity index (χ0) is 11.4. The highest BCUT2D eigenvalue weighted by Gasteiger charge is 2.18. The molecule has 1 aromatic carbocycles. The summed E-state index contributed by atoms with van der Waals surface area (Å²) >= 11 is 0. The van der Waals surface area contributed by atoms with Crippen molar-refractivity contribution in [2.24, 2.45) is 0 Å². The van der Waals surface area contributed by atoms with Crippen LogP contribution in [0.1, 0.15) is 12.8 Å². The van der Waals surface area contributed by atoms with Crippen molar-refractivity contribution in [2.75, 3.05) is 32.1 Å². The number of rotatable bonds is 3. The number of benzene rings is 1. The third kappa shape index (κ3) is 2.47. The molecule has 3 heteroatoms. The number of piperidine rings is 1. The Morgan fingerprint density at radius 2 is 2.06 bits per heavy atom. The van der Waals surface area contributed by atoms with Crippen LogP contribution in [-0.2, 0) is 0 Å². The van der Waals surface area contributed by atoms with E-state index in [0.29, 0.717) is 6.04 Å². The lowest BCUT2D eigenvalue weighted by molar-refractivity contribution is 0.413. The first kappa shape index (κ1) is 11.3. The summed E-state index contributed by atoms with van der Waals surface area (Å²) in [5, 5.41) is 3.39. The lowest BCUT2D eigenvalue weighted by atomic mass is 10.0. The van der Waals surface area contributed by atoms with Gasteiger partial charge < -0.3 is 15.0 Å². The van der Waals surface area contributed by atoms with E-state index in [4.69, 9.17) is 4.74 Å². The van der Waals surface area contributed by atoms with Crippen molar-refractivity contribution in [1.29, 1.82) is 0 Å². The fraction of sp³-hybridized carbons (Fsp3) is 0.538. The van der Waals surface area contributed by atoms with Crippen LogP contribution in [0.5, 0.6) is 5.75 Å². The molecular formula is C13H20N2O. The average molecular weight is 220 g/mol. The summed E-state index contributed by atoms with van der Waals surface area (Å²) in [4.78, 5) is 2.36. The van der Waals surface area contributed by atoms with Gasteiger partial charge in [0.2, 0.25) is 0 Å². The number of nitrogens with zero attached hydrogens (tertiary/aromatic N) is 1. The van der Waals surface area contributed by atoms with Gasteiger partial charge in [-0.2, -0.15) is 0 Å². The first-order valence-electron chi connectivity index (χ1n) is 5.89. The number of nitrogens with one attached hydrogen (secondary N) is 1. The van der Waals surface area contributed by atoms with Gasteiger partial charge >= 0.3 is 0 Å². The van der Waals surface area contributed by atoms with E-state index in [1.807, 2.05) is 12.1 Å². The van der Waals surface area contributed by atoms with Crippen LogP contribution in [0.3, 0.4) is 0 Å². The summed E-state index contributed by atoms with van der Waals surface area (Å²) in [5.74, 6) is 0.929. The van der Waals surface area contributed by atoms with Gasteiger partial charge in [-0.1, -0.05) is 6.07 Å². The number of hydrogen-bond donors (Lipinski definition) is 1. The molecule has 0 unspecified atom stereocenters. The standard InChI is InChI=1S/C13H20N2O/c1-15(11-6-8-14-9-7-11)12-4-3-5-13(10-12)16-2/h3-5,10-11,14H,6-9H2,1-2H3. The van der Waals surface area contributed by atoms with E-state index in [9.17, 15) is 0 Å². The predicted molar refractivity (Wildman–Crippen MR) is 67.3 cm³/mol. The zero-order valence-corrected chi connectivity index (χ0v) is 10.1. The Morgan fingerprint density at radius 3 is 2.75 bits per heavy atom. The minimum absolute atomic E-state index is 0.647. The van der Waals surface area contributed by atoms with Gasteiger partial charge in [0.15, 0.2) is 0 Å². The smallest absolute Gasteiger partial charge is 0.120 e. The van der Waals surface area contributed by atoms with Gasteiger partial charge in [0.1, 0.15) is 5.75 Å². The summed E-state index contributed by atoms with van der Waals surface area (Å²) in [7, 11) is 3.88. The largest absolute Gasteiger partial charge is 0.497 e. The Balaban J connectivity index is 2.09. The highest BCUT2D eigenvalue weighted by molar-refractivity contribution is 5.51. The fourth-order valence-corrected chi connectivity index (χ4v) is 2.23. The molecular weight excluding hydrogens is 200 g/mol. The van der Waals surface area contributed by atoms with Gasteiger partial charge in [0.25, 0.3) is 0 Å². The van der Waals surface area contributed by atoms with Crippen molar-refractivity contribution in [3.8, 4) is 5.75 Å². The number of ether oxygens (including phenoxy) is 1. The zero-order valence-electron chi connectivity index (χ0n) is 10.1. The molecule has 1 N–H and O–H groups in total. The Hall–Kier alpha value is -1.22. The van der Waals surface area contributed by atoms with E-state index in [0.717, 1.165) is 18.8 Å². The maximum atomic E-state index is 5.25. The van der Waals surface area contributed by atoms with E-state index >= 15 is 0 Å². The molecule has 0 atom stereocenters. The molecule has 0 bridgehead atoms. The molecule has 1 heterocycles. The maximum absolute atomic E-state index is 5.25. The monoisotopic (exact) mass is 220 g/mol. The Morgan fingerprint density at radius 1 is 1.31 bits per heavy atom. The van der Waals surface area contributed by atoms with Crippen LogP contribution in [0.15, 0.2) is 24.3 Å². The van der Waals surface area contributed by atoms with Crippen molar-refractivity contribution < 1.29 is 4.74 Å². The van der Waals surface area contributed by atoms with Crippen LogP contribution in [0.4, 0.5) is 5.69 Å². The quantitative estimate of drug-likeness (QED) is 0.842. The fourth-order valence-electron chi connectivity index (χ4n) is 2.23.